The van der Waals surface area contributed by atoms with Gasteiger partial charge in [0.1, 0.15) is 11.4 Å². The predicted octanol–water partition coefficient (Wildman–Crippen LogP) is 2.81. The molecule has 2 aliphatic rings. The van der Waals surface area contributed by atoms with E-state index >= 15 is 0 Å². The van der Waals surface area contributed by atoms with Gasteiger partial charge in [0.25, 0.3) is 5.91 Å². The molecule has 6 nitrogen and oxygen atoms in total. The van der Waals surface area contributed by atoms with Gasteiger partial charge in [0.15, 0.2) is 0 Å². The number of nitrogens with one attached hydrogen (secondary N) is 1. The highest BCUT2D eigenvalue weighted by atomic mass is 16.4. The number of likely N-dealkylation sites (tertiary alicyclic amines) is 1. The first-order valence-electron chi connectivity index (χ1n) is 9.86. The van der Waals surface area contributed by atoms with Crippen LogP contribution in [0.3, 0.4) is 0 Å². The van der Waals surface area contributed by atoms with Crippen LogP contribution in [0, 0.1) is 11.8 Å². The fraction of sp³-hybridized carbons (Fsp3) is 0.409. The molecule has 1 unspecified atom stereocenters. The number of nitrogens with zero attached hydrogens (tertiary/aromatic N) is 2. The van der Waals surface area contributed by atoms with Crippen molar-refractivity contribution in [2.45, 2.75) is 31.8 Å². The molecule has 1 aliphatic heterocycles. The van der Waals surface area contributed by atoms with Gasteiger partial charge in [-0.25, -0.2) is 9.78 Å². The van der Waals surface area contributed by atoms with Gasteiger partial charge in [-0.15, -0.1) is 0 Å². The van der Waals surface area contributed by atoms with Crippen LogP contribution in [-0.4, -0.2) is 46.0 Å². The zero-order valence-electron chi connectivity index (χ0n) is 15.8. The summed E-state index contributed by atoms with van der Waals surface area (Å²) < 4.78 is 0. The van der Waals surface area contributed by atoms with Crippen LogP contribution in [0.1, 0.15) is 45.8 Å². The first kappa shape index (κ1) is 18.6. The Bertz CT molecular complexity index is 855. The monoisotopic (exact) mass is 379 g/mol. The molecule has 4 rings (SSSR count). The Morgan fingerprint density at radius 1 is 1.00 bits per heavy atom. The van der Waals surface area contributed by atoms with E-state index in [-0.39, 0.29) is 23.3 Å². The van der Waals surface area contributed by atoms with Crippen molar-refractivity contribution in [2.24, 2.45) is 11.8 Å². The fourth-order valence-corrected chi connectivity index (χ4v) is 4.57. The number of hydrogen-bond acceptors (Lipinski definition) is 4. The van der Waals surface area contributed by atoms with Gasteiger partial charge in [-0.3, -0.25) is 9.69 Å². The van der Waals surface area contributed by atoms with Crippen molar-refractivity contribution in [3.05, 3.63) is 65.5 Å². The number of aromatic nitrogens is 1. The van der Waals surface area contributed by atoms with Crippen LogP contribution in [0.4, 0.5) is 0 Å². The standard InChI is InChI=1S/C22H25N3O3/c26-21(19-7-4-8-20(24-19)22(27)28)23-18-10-9-16-13-25(14-17(16)11-18)12-15-5-2-1-3-6-15/h1-8,16-18H,9-14H2,(H,23,26)(H,27,28)/t16-,17+,18?/m1/s1. The van der Waals surface area contributed by atoms with Crippen LogP contribution >= 0.6 is 0 Å². The number of carboxylic acids is 1. The minimum Gasteiger partial charge on any atom is -0.477 e. The second-order valence-corrected chi connectivity index (χ2v) is 7.90. The van der Waals surface area contributed by atoms with Crippen molar-refractivity contribution in [1.82, 2.24) is 15.2 Å². The number of hydrogen-bond donors (Lipinski definition) is 2. The molecule has 2 aromatic rings. The van der Waals surface area contributed by atoms with Gasteiger partial charge in [0.05, 0.1) is 0 Å². The third-order valence-corrected chi connectivity index (χ3v) is 5.91. The number of benzene rings is 1. The molecule has 146 valence electrons. The van der Waals surface area contributed by atoms with Gasteiger partial charge in [0.2, 0.25) is 0 Å². The molecule has 1 aromatic carbocycles. The Kier molecular flexibility index (Phi) is 5.39. The van der Waals surface area contributed by atoms with Crippen molar-refractivity contribution in [3.63, 3.8) is 0 Å². The van der Waals surface area contributed by atoms with E-state index in [9.17, 15) is 9.59 Å². The van der Waals surface area contributed by atoms with E-state index in [1.807, 2.05) is 6.07 Å². The highest BCUT2D eigenvalue weighted by Crippen LogP contribution is 2.36. The molecule has 1 aromatic heterocycles. The number of fused-ring (bicyclic) bond motifs is 1. The van der Waals surface area contributed by atoms with Crippen LogP contribution in [0.15, 0.2) is 48.5 Å². The predicted molar refractivity (Wildman–Crippen MR) is 105 cm³/mol. The molecule has 1 amide bonds. The molecule has 2 N–H and O–H groups in total. The van der Waals surface area contributed by atoms with E-state index in [0.29, 0.717) is 11.8 Å². The normalized spacial score (nSPS) is 24.5. The molecular formula is C22H25N3O3. The van der Waals surface area contributed by atoms with Crippen LogP contribution in [0.5, 0.6) is 0 Å². The number of carboxylic acid groups (broad SMARTS) is 1. The SMILES string of the molecule is O=C(O)c1cccc(C(=O)NC2CC[C@@H]3CN(Cc4ccccc4)C[C@@H]3C2)n1. The van der Waals surface area contributed by atoms with Crippen molar-refractivity contribution in [1.29, 1.82) is 0 Å². The number of pyridine rings is 1. The van der Waals surface area contributed by atoms with E-state index < -0.39 is 5.97 Å². The zero-order valence-corrected chi connectivity index (χ0v) is 15.8. The lowest BCUT2D eigenvalue weighted by molar-refractivity contribution is 0.0690. The Hall–Kier alpha value is -2.73. The van der Waals surface area contributed by atoms with Crippen molar-refractivity contribution in [2.75, 3.05) is 13.1 Å². The molecule has 2 fully saturated rings. The average molecular weight is 379 g/mol. The topological polar surface area (TPSA) is 82.5 Å². The van der Waals surface area contributed by atoms with E-state index in [0.717, 1.165) is 38.9 Å². The quantitative estimate of drug-likeness (QED) is 0.835. The lowest BCUT2D eigenvalue weighted by Crippen LogP contribution is -2.41. The molecule has 28 heavy (non-hydrogen) atoms. The molecular weight excluding hydrogens is 354 g/mol. The summed E-state index contributed by atoms with van der Waals surface area (Å²) in [4.78, 5) is 30.0. The van der Waals surface area contributed by atoms with Crippen molar-refractivity contribution < 1.29 is 14.7 Å². The summed E-state index contributed by atoms with van der Waals surface area (Å²) in [6.45, 7) is 3.18. The van der Waals surface area contributed by atoms with E-state index in [1.165, 1.54) is 11.6 Å². The lowest BCUT2D eigenvalue weighted by Gasteiger charge is -2.31. The minimum atomic E-state index is -1.13. The molecule has 0 radical (unpaired) electrons. The highest BCUT2D eigenvalue weighted by Gasteiger charge is 2.38. The van der Waals surface area contributed by atoms with Crippen molar-refractivity contribution >= 4 is 11.9 Å². The van der Waals surface area contributed by atoms with E-state index in [2.05, 4.69) is 39.5 Å². The summed E-state index contributed by atoms with van der Waals surface area (Å²) in [6, 6.07) is 15.2. The smallest absolute Gasteiger partial charge is 0.354 e. The Balaban J connectivity index is 1.33. The lowest BCUT2D eigenvalue weighted by atomic mass is 9.79. The van der Waals surface area contributed by atoms with E-state index in [1.54, 1.807) is 12.1 Å². The molecule has 0 bridgehead atoms. The molecule has 2 heterocycles. The molecule has 1 aliphatic carbocycles. The highest BCUT2D eigenvalue weighted by molar-refractivity contribution is 5.94. The van der Waals surface area contributed by atoms with E-state index in [4.69, 9.17) is 5.11 Å². The molecule has 1 saturated carbocycles. The van der Waals surface area contributed by atoms with Crippen LogP contribution in [0.25, 0.3) is 0 Å². The van der Waals surface area contributed by atoms with Gasteiger partial charge >= 0.3 is 5.97 Å². The first-order valence-corrected chi connectivity index (χ1v) is 9.86. The summed E-state index contributed by atoms with van der Waals surface area (Å²) in [5.41, 5.74) is 1.40. The van der Waals surface area contributed by atoms with Gasteiger partial charge in [-0.1, -0.05) is 36.4 Å². The van der Waals surface area contributed by atoms with Gasteiger partial charge in [0, 0.05) is 25.7 Å². The summed E-state index contributed by atoms with van der Waals surface area (Å²) in [5, 5.41) is 12.1. The Morgan fingerprint density at radius 3 is 2.54 bits per heavy atom. The summed E-state index contributed by atoms with van der Waals surface area (Å²) in [5.74, 6) is -0.114. The largest absolute Gasteiger partial charge is 0.477 e. The van der Waals surface area contributed by atoms with Crippen LogP contribution in [0.2, 0.25) is 0 Å². The molecule has 3 atom stereocenters. The minimum absolute atomic E-state index is 0.108. The molecule has 1 saturated heterocycles. The molecule has 0 spiro atoms. The van der Waals surface area contributed by atoms with Gasteiger partial charge in [-0.05, 0) is 48.8 Å². The third-order valence-electron chi connectivity index (χ3n) is 5.91. The average Bonchev–Trinajstić information content (AvgIpc) is 3.10. The maximum absolute atomic E-state index is 12.5. The summed E-state index contributed by atoms with van der Waals surface area (Å²) in [7, 11) is 0. The number of carbonyl (C=O) groups excluding carboxylic acids is 1. The second kappa shape index (κ2) is 8.10. The van der Waals surface area contributed by atoms with Gasteiger partial charge in [-0.2, -0.15) is 0 Å². The number of amides is 1. The second-order valence-electron chi connectivity index (χ2n) is 7.90. The zero-order chi connectivity index (χ0) is 19.5. The maximum Gasteiger partial charge on any atom is 0.354 e. The van der Waals surface area contributed by atoms with Gasteiger partial charge < -0.3 is 10.4 Å². The fourth-order valence-electron chi connectivity index (χ4n) is 4.57. The number of rotatable bonds is 5. The third kappa shape index (κ3) is 4.22. The Labute approximate surface area is 164 Å². The maximum atomic E-state index is 12.5. The number of aromatic carboxylic acids is 1. The Morgan fingerprint density at radius 2 is 1.75 bits per heavy atom. The van der Waals surface area contributed by atoms with Crippen LogP contribution < -0.4 is 5.32 Å². The summed E-state index contributed by atoms with van der Waals surface area (Å²) in [6.07, 6.45) is 3.05. The number of carbonyl (C=O) groups is 2. The molecule has 6 heteroatoms. The van der Waals surface area contributed by atoms with Crippen LogP contribution in [-0.2, 0) is 6.54 Å². The summed E-state index contributed by atoms with van der Waals surface area (Å²) >= 11 is 0. The first-order chi connectivity index (χ1) is 13.6. The van der Waals surface area contributed by atoms with Crippen molar-refractivity contribution in [3.8, 4) is 0 Å².